The Morgan fingerprint density at radius 1 is 0.663 bits per heavy atom. The molecule has 27 nitrogen and oxygen atoms in total. The van der Waals surface area contributed by atoms with Gasteiger partial charge in [-0.3, -0.25) is 53.0 Å². The molecule has 0 bridgehead atoms. The summed E-state index contributed by atoms with van der Waals surface area (Å²) in [6.45, 7) is 7.14. The SMILES string of the molecule is C=C1C[C@@H]2C=Nc3cc(OCCCC(=O)Nc4cc(C(=O)Nc5cc(C(=O)Nc6cc(C(=O)NCCCOC(=O)[C@@H](C)NC(=O)CCOCCOCCNC(=O)CCN7C(=O)C=CC7=O)n(C)c6)n(C)c5)n(C)c4)c(OC)cc3C(=O)N2C1. The van der Waals surface area contributed by atoms with Crippen LogP contribution >= 0.6 is 0 Å². The minimum atomic E-state index is -0.935. The number of carbonyl (C=O) groups excluding carboxylic acids is 10. The molecule has 0 saturated carbocycles. The van der Waals surface area contributed by atoms with Crippen LogP contribution in [0.1, 0.15) is 87.3 Å². The van der Waals surface area contributed by atoms with Crippen LogP contribution in [0.5, 0.6) is 11.5 Å². The van der Waals surface area contributed by atoms with Crippen molar-refractivity contribution in [2.75, 3.05) is 88.9 Å². The van der Waals surface area contributed by atoms with Gasteiger partial charge in [-0.25, -0.2) is 4.79 Å². The third kappa shape index (κ3) is 16.9. The summed E-state index contributed by atoms with van der Waals surface area (Å²) >= 11 is 0. The molecule has 9 amide bonds. The molecule has 3 aromatic heterocycles. The highest BCUT2D eigenvalue weighted by molar-refractivity contribution is 6.13. The number of imide groups is 1. The zero-order valence-electron chi connectivity index (χ0n) is 46.8. The highest BCUT2D eigenvalue weighted by atomic mass is 16.5. The average Bonchev–Trinajstić information content (AvgIpc) is 4.29. The van der Waals surface area contributed by atoms with Gasteiger partial charge in [0, 0.05) is 110 Å². The lowest BCUT2D eigenvalue weighted by Gasteiger charge is -2.20. The van der Waals surface area contributed by atoms with Crippen LogP contribution in [0.15, 0.2) is 78.2 Å². The molecule has 0 spiro atoms. The lowest BCUT2D eigenvalue weighted by atomic mass is 10.1. The van der Waals surface area contributed by atoms with Gasteiger partial charge in [0.2, 0.25) is 17.7 Å². The summed E-state index contributed by atoms with van der Waals surface area (Å²) in [4.78, 5) is 133. The maximum Gasteiger partial charge on any atom is 0.328 e. The first-order valence-electron chi connectivity index (χ1n) is 26.8. The highest BCUT2D eigenvalue weighted by Crippen LogP contribution is 2.38. The number of aromatic nitrogens is 3. The van der Waals surface area contributed by atoms with Crippen LogP contribution in [0.3, 0.4) is 0 Å². The molecule has 442 valence electrons. The Kier molecular flexibility index (Phi) is 21.3. The van der Waals surface area contributed by atoms with E-state index < -0.39 is 47.5 Å². The molecule has 6 N–H and O–H groups in total. The number of fused-ring (bicyclic) bond motifs is 2. The second-order valence-electron chi connectivity index (χ2n) is 19.6. The number of hydrogen-bond acceptors (Lipinski definition) is 16. The van der Waals surface area contributed by atoms with Gasteiger partial charge in [0.15, 0.2) is 11.5 Å². The first-order chi connectivity index (χ1) is 39.8. The summed E-state index contributed by atoms with van der Waals surface area (Å²) in [5, 5.41) is 16.3. The minimum absolute atomic E-state index is 0.00858. The van der Waals surface area contributed by atoms with Crippen LogP contribution in [0.2, 0.25) is 0 Å². The molecule has 1 saturated heterocycles. The first-order valence-corrected chi connectivity index (χ1v) is 26.8. The summed E-state index contributed by atoms with van der Waals surface area (Å²) in [5.74, 6) is -3.47. The van der Waals surface area contributed by atoms with Crippen LogP contribution in [0.4, 0.5) is 22.7 Å². The minimum Gasteiger partial charge on any atom is -0.493 e. The van der Waals surface area contributed by atoms with Crippen molar-refractivity contribution < 1.29 is 71.6 Å². The fraction of sp³-hybridized carbons (Fsp3) is 0.411. The number of aryl methyl sites for hydroxylation is 3. The van der Waals surface area contributed by atoms with Gasteiger partial charge in [0.05, 0.1) is 81.1 Å². The van der Waals surface area contributed by atoms with Gasteiger partial charge in [0.1, 0.15) is 23.1 Å². The van der Waals surface area contributed by atoms with Crippen LogP contribution < -0.4 is 41.4 Å². The molecule has 3 aliphatic rings. The average molecular weight is 1150 g/mol. The molecule has 27 heteroatoms. The van der Waals surface area contributed by atoms with Gasteiger partial charge >= 0.3 is 5.97 Å². The lowest BCUT2D eigenvalue weighted by Crippen LogP contribution is -2.40. The highest BCUT2D eigenvalue weighted by Gasteiger charge is 2.34. The van der Waals surface area contributed by atoms with Gasteiger partial charge in [-0.1, -0.05) is 12.2 Å². The van der Waals surface area contributed by atoms with E-state index in [0.717, 1.165) is 22.6 Å². The molecule has 0 radical (unpaired) electrons. The number of benzene rings is 1. The number of methoxy groups -OCH3 is 1. The lowest BCUT2D eigenvalue weighted by molar-refractivity contribution is -0.147. The normalized spacial score (nSPS) is 14.6. The number of ether oxygens (including phenoxy) is 5. The predicted octanol–water partition coefficient (Wildman–Crippen LogP) is 2.52. The molecule has 6 heterocycles. The Labute approximate surface area is 477 Å². The number of rotatable bonds is 30. The van der Waals surface area contributed by atoms with Gasteiger partial charge < -0.3 is 74.2 Å². The first kappa shape index (κ1) is 61.3. The summed E-state index contributed by atoms with van der Waals surface area (Å²) in [6.07, 6.45) is 10.1. The molecule has 1 aromatic carbocycles. The summed E-state index contributed by atoms with van der Waals surface area (Å²) in [5.41, 5.74) is 3.58. The number of aliphatic imine (C=N–C) groups is 1. The van der Waals surface area contributed by atoms with E-state index in [1.54, 1.807) is 67.5 Å². The van der Waals surface area contributed by atoms with Crippen molar-refractivity contribution in [1.29, 1.82) is 0 Å². The van der Waals surface area contributed by atoms with Crippen molar-refractivity contribution in [3.8, 4) is 11.5 Å². The van der Waals surface area contributed by atoms with Gasteiger partial charge in [-0.05, 0) is 50.5 Å². The molecular formula is C56H68N12O15. The van der Waals surface area contributed by atoms with Crippen molar-refractivity contribution in [3.05, 3.63) is 95.9 Å². The monoisotopic (exact) mass is 1150 g/mol. The van der Waals surface area contributed by atoms with E-state index in [1.807, 2.05) is 0 Å². The van der Waals surface area contributed by atoms with E-state index in [9.17, 15) is 47.9 Å². The zero-order chi connectivity index (χ0) is 59.7. The Balaban J connectivity index is 0.742. The van der Waals surface area contributed by atoms with Crippen molar-refractivity contribution in [2.45, 2.75) is 57.5 Å². The van der Waals surface area contributed by atoms with E-state index in [-0.39, 0.29) is 126 Å². The fourth-order valence-corrected chi connectivity index (χ4v) is 8.95. The second-order valence-corrected chi connectivity index (χ2v) is 19.6. The smallest absolute Gasteiger partial charge is 0.328 e. The van der Waals surface area contributed by atoms with Crippen molar-refractivity contribution in [3.63, 3.8) is 0 Å². The van der Waals surface area contributed by atoms with Crippen molar-refractivity contribution >= 4 is 88.1 Å². The Bertz CT molecular complexity index is 3190. The van der Waals surface area contributed by atoms with E-state index in [4.69, 9.17) is 23.7 Å². The summed E-state index contributed by atoms with van der Waals surface area (Å²) < 4.78 is 32.2. The van der Waals surface area contributed by atoms with E-state index >= 15 is 0 Å². The van der Waals surface area contributed by atoms with Crippen LogP contribution in [0.25, 0.3) is 0 Å². The Morgan fingerprint density at radius 2 is 1.28 bits per heavy atom. The van der Waals surface area contributed by atoms with Gasteiger partial charge in [0.25, 0.3) is 35.4 Å². The number of hydrogen-bond donors (Lipinski definition) is 6. The maximum atomic E-state index is 13.4. The number of nitrogens with zero attached hydrogens (tertiary/aromatic N) is 6. The number of nitrogens with one attached hydrogen (secondary N) is 6. The Morgan fingerprint density at radius 3 is 1.92 bits per heavy atom. The predicted molar refractivity (Wildman–Crippen MR) is 300 cm³/mol. The molecule has 83 heavy (non-hydrogen) atoms. The van der Waals surface area contributed by atoms with Crippen LogP contribution in [-0.4, -0.2) is 174 Å². The standard InChI is InChI=1S/C56H68N12O15/c1-34-23-39-29-59-41-28-46(45(79-6)27-40(41)55(77)68(39)30-34)82-17-7-9-48(70)61-36-24-43(65(4)31-36)53(75)63-38-26-44(66(5)33-38)54(76)62-37-25-42(64(3)32-37)52(74)58-14-8-18-83-56(78)35(2)60-49(71)13-19-80-21-22-81-20-15-57-47(69)12-16-67-50(72)10-11-51(67)73/h10-11,24-29,31-33,35,39H,1,7-9,12-23,30H2,2-6H3,(H,57,69)(H,58,74)(H,60,71)(H,61,70)(H,62,76)(H,63,75)/t35-,39-/m1/s1. The molecule has 0 aliphatic carbocycles. The largest absolute Gasteiger partial charge is 0.493 e. The number of anilines is 3. The molecule has 7 rings (SSSR count). The maximum absolute atomic E-state index is 13.4. The van der Waals surface area contributed by atoms with Gasteiger partial charge in [-0.2, -0.15) is 0 Å². The van der Waals surface area contributed by atoms with Gasteiger partial charge in [-0.15, -0.1) is 0 Å². The molecular weight excluding hydrogens is 1080 g/mol. The quantitative estimate of drug-likeness (QED) is 0.0189. The number of amides is 9. The summed E-state index contributed by atoms with van der Waals surface area (Å²) in [6, 6.07) is 6.71. The molecule has 0 unspecified atom stereocenters. The molecule has 1 fully saturated rings. The van der Waals surface area contributed by atoms with Crippen molar-refractivity contribution in [2.24, 2.45) is 26.1 Å². The Hall–Kier alpha value is -9.37. The molecule has 4 aromatic rings. The van der Waals surface area contributed by atoms with E-state index in [2.05, 4.69) is 43.5 Å². The van der Waals surface area contributed by atoms with Crippen LogP contribution in [-0.2, 0) is 64.1 Å². The van der Waals surface area contributed by atoms with E-state index in [1.165, 1.54) is 41.4 Å². The molecule has 3 aliphatic heterocycles. The molecule has 2 atom stereocenters. The fourth-order valence-electron chi connectivity index (χ4n) is 8.95. The van der Waals surface area contributed by atoms with Crippen LogP contribution in [0, 0.1) is 0 Å². The zero-order valence-corrected chi connectivity index (χ0v) is 46.8. The van der Waals surface area contributed by atoms with Crippen molar-refractivity contribution in [1.82, 2.24) is 39.5 Å². The second kappa shape index (κ2) is 28.9. The third-order valence-corrected chi connectivity index (χ3v) is 13.2. The summed E-state index contributed by atoms with van der Waals surface area (Å²) in [7, 11) is 6.41. The topological polar surface area (TPSA) is 323 Å². The number of carbonyl (C=O) groups is 10. The number of esters is 1. The third-order valence-electron chi connectivity index (χ3n) is 13.2. The van der Waals surface area contributed by atoms with E-state index in [0.29, 0.717) is 59.2 Å².